The van der Waals surface area contributed by atoms with Crippen LogP contribution >= 0.6 is 0 Å². The van der Waals surface area contributed by atoms with E-state index in [9.17, 15) is 4.79 Å². The lowest BCUT2D eigenvalue weighted by atomic mass is 10.1. The topological polar surface area (TPSA) is 56.8 Å². The van der Waals surface area contributed by atoms with E-state index in [-0.39, 0.29) is 5.91 Å². The van der Waals surface area contributed by atoms with Crippen molar-refractivity contribution < 1.29 is 19.0 Å². The number of methoxy groups -OCH3 is 1. The van der Waals surface area contributed by atoms with Crippen molar-refractivity contribution in [1.82, 2.24) is 5.32 Å². The van der Waals surface area contributed by atoms with Gasteiger partial charge < -0.3 is 19.5 Å². The molecule has 0 bridgehead atoms. The van der Waals surface area contributed by atoms with Crippen LogP contribution in [-0.4, -0.2) is 32.8 Å². The van der Waals surface area contributed by atoms with Crippen LogP contribution in [0.2, 0.25) is 0 Å². The summed E-state index contributed by atoms with van der Waals surface area (Å²) in [6, 6.07) is 13.4. The molecule has 2 aromatic rings. The zero-order valence-corrected chi connectivity index (χ0v) is 16.2. The Kier molecular flexibility index (Phi) is 8.23. The summed E-state index contributed by atoms with van der Waals surface area (Å²) in [6.07, 6.45) is 3.97. The van der Waals surface area contributed by atoms with Crippen molar-refractivity contribution >= 4 is 12.0 Å². The molecule has 2 rings (SSSR count). The third-order valence-electron chi connectivity index (χ3n) is 3.87. The van der Waals surface area contributed by atoms with Crippen molar-refractivity contribution in [3.8, 4) is 17.2 Å². The number of rotatable bonds is 10. The van der Waals surface area contributed by atoms with E-state index in [4.69, 9.17) is 14.2 Å². The van der Waals surface area contributed by atoms with Crippen LogP contribution in [-0.2, 0) is 11.2 Å². The summed E-state index contributed by atoms with van der Waals surface area (Å²) in [5.74, 6) is 2.07. The van der Waals surface area contributed by atoms with Gasteiger partial charge in [0.05, 0.1) is 20.3 Å². The molecule has 0 aliphatic carbocycles. The SMILES string of the molecule is CCOc1ccc(CCNC(=O)/C=C/c2ccccc2OC)cc1OCC. The summed E-state index contributed by atoms with van der Waals surface area (Å²) >= 11 is 0. The molecule has 0 saturated carbocycles. The van der Waals surface area contributed by atoms with Crippen LogP contribution in [0.5, 0.6) is 17.2 Å². The zero-order valence-electron chi connectivity index (χ0n) is 16.2. The minimum atomic E-state index is -0.142. The highest BCUT2D eigenvalue weighted by atomic mass is 16.5. The predicted octanol–water partition coefficient (Wildman–Crippen LogP) is 3.86. The van der Waals surface area contributed by atoms with Crippen LogP contribution in [0, 0.1) is 0 Å². The summed E-state index contributed by atoms with van der Waals surface area (Å²) in [4.78, 5) is 12.0. The normalized spacial score (nSPS) is 10.6. The Morgan fingerprint density at radius 2 is 1.74 bits per heavy atom. The average molecular weight is 369 g/mol. The fourth-order valence-corrected chi connectivity index (χ4v) is 2.61. The Labute approximate surface area is 161 Å². The molecule has 0 aliphatic heterocycles. The highest BCUT2D eigenvalue weighted by Crippen LogP contribution is 2.28. The maximum atomic E-state index is 12.0. The second kappa shape index (κ2) is 10.9. The predicted molar refractivity (Wildman–Crippen MR) is 108 cm³/mol. The van der Waals surface area contributed by atoms with Gasteiger partial charge in [-0.15, -0.1) is 0 Å². The molecule has 0 radical (unpaired) electrons. The minimum Gasteiger partial charge on any atom is -0.496 e. The van der Waals surface area contributed by atoms with Crippen molar-refractivity contribution in [2.24, 2.45) is 0 Å². The van der Waals surface area contributed by atoms with Crippen molar-refractivity contribution in [3.63, 3.8) is 0 Å². The van der Waals surface area contributed by atoms with Gasteiger partial charge in [-0.2, -0.15) is 0 Å². The summed E-state index contributed by atoms with van der Waals surface area (Å²) in [6.45, 7) is 5.59. The number of ether oxygens (including phenoxy) is 3. The van der Waals surface area contributed by atoms with E-state index in [2.05, 4.69) is 5.32 Å². The summed E-state index contributed by atoms with van der Waals surface area (Å²) < 4.78 is 16.5. The van der Waals surface area contributed by atoms with E-state index in [1.165, 1.54) is 6.08 Å². The molecular weight excluding hydrogens is 342 g/mol. The molecule has 0 spiro atoms. The number of carbonyl (C=O) groups is 1. The molecule has 144 valence electrons. The van der Waals surface area contributed by atoms with E-state index in [1.54, 1.807) is 13.2 Å². The lowest BCUT2D eigenvalue weighted by Gasteiger charge is -2.12. The molecule has 0 fully saturated rings. The second-order valence-corrected chi connectivity index (χ2v) is 5.76. The Balaban J connectivity index is 1.89. The van der Waals surface area contributed by atoms with Crippen LogP contribution in [0.1, 0.15) is 25.0 Å². The molecule has 0 saturated heterocycles. The minimum absolute atomic E-state index is 0.142. The summed E-state index contributed by atoms with van der Waals surface area (Å²) in [5, 5.41) is 2.89. The summed E-state index contributed by atoms with van der Waals surface area (Å²) in [5.41, 5.74) is 1.94. The number of benzene rings is 2. The van der Waals surface area contributed by atoms with Gasteiger partial charge in [-0.25, -0.2) is 0 Å². The molecule has 1 amide bonds. The average Bonchev–Trinajstić information content (AvgIpc) is 2.69. The maximum absolute atomic E-state index is 12.0. The van der Waals surface area contributed by atoms with Crippen LogP contribution in [0.3, 0.4) is 0 Å². The second-order valence-electron chi connectivity index (χ2n) is 5.76. The molecular formula is C22H27NO4. The number of carbonyl (C=O) groups excluding carboxylic acids is 1. The Morgan fingerprint density at radius 1 is 1.00 bits per heavy atom. The van der Waals surface area contributed by atoms with E-state index in [0.717, 1.165) is 28.4 Å². The zero-order chi connectivity index (χ0) is 19.5. The van der Waals surface area contributed by atoms with E-state index < -0.39 is 0 Å². The fourth-order valence-electron chi connectivity index (χ4n) is 2.61. The van der Waals surface area contributed by atoms with Gasteiger partial charge in [0.1, 0.15) is 5.75 Å². The number of hydrogen-bond acceptors (Lipinski definition) is 4. The number of para-hydroxylation sites is 1. The molecule has 0 atom stereocenters. The van der Waals surface area contributed by atoms with Crippen LogP contribution in [0.25, 0.3) is 6.08 Å². The third-order valence-corrected chi connectivity index (χ3v) is 3.87. The van der Waals surface area contributed by atoms with Crippen LogP contribution in [0.15, 0.2) is 48.5 Å². The van der Waals surface area contributed by atoms with Gasteiger partial charge in [0, 0.05) is 18.2 Å². The molecule has 0 aliphatic rings. The Hall–Kier alpha value is -2.95. The van der Waals surface area contributed by atoms with Gasteiger partial charge in [0.2, 0.25) is 5.91 Å². The highest BCUT2D eigenvalue weighted by molar-refractivity contribution is 5.92. The molecule has 0 unspecified atom stereocenters. The monoisotopic (exact) mass is 369 g/mol. The molecule has 27 heavy (non-hydrogen) atoms. The molecule has 0 aromatic heterocycles. The number of hydrogen-bond donors (Lipinski definition) is 1. The Bertz CT molecular complexity index is 771. The van der Waals surface area contributed by atoms with Crippen molar-refractivity contribution in [1.29, 1.82) is 0 Å². The van der Waals surface area contributed by atoms with Gasteiger partial charge in [0.15, 0.2) is 11.5 Å². The maximum Gasteiger partial charge on any atom is 0.244 e. The van der Waals surface area contributed by atoms with Crippen LogP contribution in [0.4, 0.5) is 0 Å². The van der Waals surface area contributed by atoms with E-state index in [0.29, 0.717) is 26.2 Å². The third kappa shape index (κ3) is 6.37. The first kappa shape index (κ1) is 20.4. The van der Waals surface area contributed by atoms with Crippen LogP contribution < -0.4 is 19.5 Å². The lowest BCUT2D eigenvalue weighted by Crippen LogP contribution is -2.23. The first-order valence-corrected chi connectivity index (χ1v) is 9.15. The molecule has 2 aromatic carbocycles. The Morgan fingerprint density at radius 3 is 2.48 bits per heavy atom. The van der Waals surface area contributed by atoms with E-state index in [1.807, 2.05) is 56.3 Å². The lowest BCUT2D eigenvalue weighted by molar-refractivity contribution is -0.116. The van der Waals surface area contributed by atoms with Crippen molar-refractivity contribution in [3.05, 3.63) is 59.7 Å². The molecule has 5 nitrogen and oxygen atoms in total. The molecule has 0 heterocycles. The first-order valence-electron chi connectivity index (χ1n) is 9.15. The van der Waals surface area contributed by atoms with Gasteiger partial charge in [0.25, 0.3) is 0 Å². The number of nitrogens with one attached hydrogen (secondary N) is 1. The largest absolute Gasteiger partial charge is 0.496 e. The van der Waals surface area contributed by atoms with Crippen molar-refractivity contribution in [2.45, 2.75) is 20.3 Å². The first-order chi connectivity index (χ1) is 13.2. The molecule has 5 heteroatoms. The standard InChI is InChI=1S/C22H27NO4/c1-4-26-20-12-10-17(16-21(20)27-5-2)14-15-23-22(24)13-11-18-8-6-7-9-19(18)25-3/h6-13,16H,4-5,14-15H2,1-3H3,(H,23,24)/b13-11+. The van der Waals surface area contributed by atoms with Gasteiger partial charge in [-0.05, 0) is 50.1 Å². The summed E-state index contributed by atoms with van der Waals surface area (Å²) in [7, 11) is 1.61. The van der Waals surface area contributed by atoms with Gasteiger partial charge in [-0.1, -0.05) is 24.3 Å². The molecule has 1 N–H and O–H groups in total. The quantitative estimate of drug-likeness (QED) is 0.646. The van der Waals surface area contributed by atoms with Crippen molar-refractivity contribution in [2.75, 3.05) is 26.9 Å². The fraction of sp³-hybridized carbons (Fsp3) is 0.318. The van der Waals surface area contributed by atoms with Gasteiger partial charge in [-0.3, -0.25) is 4.79 Å². The number of amides is 1. The van der Waals surface area contributed by atoms with Gasteiger partial charge >= 0.3 is 0 Å². The smallest absolute Gasteiger partial charge is 0.244 e. The highest BCUT2D eigenvalue weighted by Gasteiger charge is 2.06. The van der Waals surface area contributed by atoms with E-state index >= 15 is 0 Å².